The molecule has 1 aromatic carbocycles. The molecule has 2 aliphatic rings. The monoisotopic (exact) mass is 896 g/mol. The van der Waals surface area contributed by atoms with Crippen LogP contribution in [-0.2, 0) is 35.6 Å². The van der Waals surface area contributed by atoms with Crippen molar-refractivity contribution >= 4 is 56.6 Å². The topological polar surface area (TPSA) is 191 Å². The van der Waals surface area contributed by atoms with Crippen LogP contribution in [0, 0.1) is 28.1 Å². The second-order valence-electron chi connectivity index (χ2n) is 19.7. The van der Waals surface area contributed by atoms with Gasteiger partial charge in [-0.25, -0.2) is 13.2 Å². The number of sulfone groups is 1. The first kappa shape index (κ1) is 50.1. The van der Waals surface area contributed by atoms with Gasteiger partial charge in [0.15, 0.2) is 9.84 Å². The zero-order chi connectivity index (χ0) is 46.5. The fourth-order valence-electron chi connectivity index (χ4n) is 8.32. The van der Waals surface area contributed by atoms with Crippen molar-refractivity contribution in [1.82, 2.24) is 31.1 Å². The summed E-state index contributed by atoms with van der Waals surface area (Å²) >= 11 is 1.09. The minimum Gasteiger partial charge on any atom is -0.346 e. The van der Waals surface area contributed by atoms with Crippen LogP contribution in [0.1, 0.15) is 111 Å². The Morgan fingerprint density at radius 3 is 2.23 bits per heavy atom. The molecule has 0 spiro atoms. The number of urea groups is 1. The second kappa shape index (κ2) is 19.9. The number of carbonyl (C=O) groups is 6. The van der Waals surface area contributed by atoms with Gasteiger partial charge in [0.25, 0.3) is 11.8 Å². The van der Waals surface area contributed by atoms with E-state index in [2.05, 4.69) is 27.8 Å². The Morgan fingerprint density at radius 1 is 1.00 bits per heavy atom. The van der Waals surface area contributed by atoms with Gasteiger partial charge in [-0.3, -0.25) is 24.0 Å². The molecule has 1 saturated heterocycles. The van der Waals surface area contributed by atoms with Gasteiger partial charge in [-0.15, -0.1) is 17.9 Å². The molecule has 4 rings (SSSR count). The number of rotatable bonds is 19. The van der Waals surface area contributed by atoms with E-state index in [4.69, 9.17) is 0 Å². The van der Waals surface area contributed by atoms with E-state index >= 15 is 0 Å². The number of fused-ring (bicyclic) bond motifs is 1. The molecule has 14 nitrogen and oxygen atoms in total. The van der Waals surface area contributed by atoms with E-state index in [9.17, 15) is 37.2 Å². The van der Waals surface area contributed by atoms with Crippen molar-refractivity contribution < 1.29 is 37.2 Å². The third-order valence-electron chi connectivity index (χ3n) is 12.4. The second-order valence-corrected chi connectivity index (χ2v) is 23.2. The van der Waals surface area contributed by atoms with Crippen LogP contribution >= 0.6 is 11.3 Å². The van der Waals surface area contributed by atoms with Gasteiger partial charge in [-0.1, -0.05) is 99.4 Å². The zero-order valence-electron chi connectivity index (χ0n) is 38.3. The molecule has 0 radical (unpaired) electrons. The zero-order valence-corrected chi connectivity index (χ0v) is 39.9. The summed E-state index contributed by atoms with van der Waals surface area (Å²) in [5, 5.41) is 12.0. The lowest BCUT2D eigenvalue weighted by Crippen LogP contribution is -2.62. The molecule has 342 valence electrons. The minimum atomic E-state index is -3.84. The Labute approximate surface area is 372 Å². The molecule has 2 aromatic rings. The number of thiophene rings is 1. The van der Waals surface area contributed by atoms with Crippen molar-refractivity contribution in [3.63, 3.8) is 0 Å². The Kier molecular flexibility index (Phi) is 16.0. The van der Waals surface area contributed by atoms with Crippen LogP contribution in [0.5, 0.6) is 0 Å². The standard InChI is InChI=1S/C46H68N6O8S2/c1-13-15-21-32(37(53)40(55)47-22-14-2)48-39(54)36-35-31(46(35,10)11)26-52(36)42(57)38(45(7,8)9)50-43(58)49-33(44(4,5)6)23-28(3)62(59,60)34-24-29(27-61-34)25-51(12)41(56)30-19-17-16-18-20-30/h14,16-20,24,27-28,31-33,35-36,38H,2,13,15,21-23,25-26H2,1,3-12H3,(H,47,55)(H,48,54)(H2,49,50,58)/t28?,31-,32?,33+,35-,36-,38+/m0/s1. The quantitative estimate of drug-likeness (QED) is 0.102. The van der Waals surface area contributed by atoms with Crippen molar-refractivity contribution in [2.75, 3.05) is 20.1 Å². The first-order chi connectivity index (χ1) is 28.8. The molecule has 7 atom stereocenters. The van der Waals surface area contributed by atoms with E-state index in [0.717, 1.165) is 17.8 Å². The van der Waals surface area contributed by atoms with Gasteiger partial charge < -0.3 is 31.1 Å². The number of benzene rings is 1. The number of likely N-dealkylation sites (tertiary alicyclic amines) is 1. The van der Waals surface area contributed by atoms with E-state index in [1.54, 1.807) is 49.7 Å². The predicted molar refractivity (Wildman–Crippen MR) is 242 cm³/mol. The minimum absolute atomic E-state index is 0.0168. The fourth-order valence-corrected chi connectivity index (χ4v) is 11.3. The van der Waals surface area contributed by atoms with E-state index in [-0.39, 0.29) is 59.8 Å². The Bertz CT molecular complexity index is 2090. The van der Waals surface area contributed by atoms with Gasteiger partial charge in [-0.2, -0.15) is 0 Å². The molecule has 4 N–H and O–H groups in total. The number of unbranched alkanes of at least 4 members (excludes halogenated alkanes) is 1. The number of hydrogen-bond donors (Lipinski definition) is 4. The van der Waals surface area contributed by atoms with Crippen LogP contribution in [0.15, 0.2) is 58.6 Å². The largest absolute Gasteiger partial charge is 0.346 e. The molecule has 62 heavy (non-hydrogen) atoms. The van der Waals surface area contributed by atoms with Gasteiger partial charge >= 0.3 is 6.03 Å². The smallest absolute Gasteiger partial charge is 0.315 e. The van der Waals surface area contributed by atoms with Crippen molar-refractivity contribution in [3.05, 3.63) is 65.6 Å². The number of Topliss-reactive ketones (excluding diaryl/α,β-unsaturated/α-hetero) is 1. The maximum atomic E-state index is 14.6. The maximum Gasteiger partial charge on any atom is 0.315 e. The third kappa shape index (κ3) is 11.7. The summed E-state index contributed by atoms with van der Waals surface area (Å²) in [4.78, 5) is 84.6. The molecular weight excluding hydrogens is 829 g/mol. The van der Waals surface area contributed by atoms with Crippen LogP contribution in [-0.4, -0.2) is 103 Å². The summed E-state index contributed by atoms with van der Waals surface area (Å²) in [5.74, 6) is -2.92. The van der Waals surface area contributed by atoms with Crippen LogP contribution in [0.25, 0.3) is 0 Å². The Hall–Kier alpha value is -4.57. The number of piperidine rings is 1. The molecule has 0 bridgehead atoms. The van der Waals surface area contributed by atoms with Crippen molar-refractivity contribution in [2.45, 2.75) is 135 Å². The number of nitrogens with one attached hydrogen (secondary N) is 4. The third-order valence-corrected chi connectivity index (χ3v) is 16.1. The van der Waals surface area contributed by atoms with Gasteiger partial charge in [0, 0.05) is 38.3 Å². The Morgan fingerprint density at radius 2 is 1.65 bits per heavy atom. The highest BCUT2D eigenvalue weighted by Crippen LogP contribution is 2.65. The predicted octanol–water partition coefficient (Wildman–Crippen LogP) is 5.73. The van der Waals surface area contributed by atoms with E-state index in [1.807, 2.05) is 68.4 Å². The van der Waals surface area contributed by atoms with E-state index < -0.39 is 79.6 Å². The SMILES string of the molecule is C=CCNC(=O)C(=O)C(CCCC)NC(=O)[C@@H]1[C@@H]2[C@H](CN1C(=O)[C@@H](NC(=O)N[C@H](CC(C)S(=O)(=O)c1cc(CN(C)C(=O)c3ccccc3)cs1)C(C)(C)C)C(C)(C)C)C2(C)C. The molecule has 2 fully saturated rings. The molecule has 1 aliphatic heterocycles. The first-order valence-electron chi connectivity index (χ1n) is 21.5. The highest BCUT2D eigenvalue weighted by atomic mass is 32.2. The molecule has 2 unspecified atom stereocenters. The van der Waals surface area contributed by atoms with Crippen LogP contribution < -0.4 is 21.3 Å². The number of ketones is 1. The van der Waals surface area contributed by atoms with Crippen LogP contribution in [0.2, 0.25) is 0 Å². The lowest BCUT2D eigenvalue weighted by molar-refractivity contribution is -0.145. The fraction of sp³-hybridized carbons (Fsp3) is 0.609. The number of nitrogens with zero attached hydrogens (tertiary/aromatic N) is 2. The lowest BCUT2D eigenvalue weighted by Gasteiger charge is -2.39. The average Bonchev–Trinajstić information content (AvgIpc) is 3.58. The average molecular weight is 897 g/mol. The normalized spacial score (nSPS) is 20.1. The molecule has 16 heteroatoms. The highest BCUT2D eigenvalue weighted by Gasteiger charge is 2.70. The summed E-state index contributed by atoms with van der Waals surface area (Å²) in [6, 6.07) is 6.06. The number of amides is 6. The molecular formula is C46H68N6O8S2. The number of carbonyl (C=O) groups excluding carboxylic acids is 6. The number of hydrogen-bond acceptors (Lipinski definition) is 9. The summed E-state index contributed by atoms with van der Waals surface area (Å²) in [6.07, 6.45) is 3.11. The first-order valence-corrected chi connectivity index (χ1v) is 23.9. The lowest BCUT2D eigenvalue weighted by atomic mass is 9.83. The van der Waals surface area contributed by atoms with E-state index in [1.165, 1.54) is 15.9 Å². The maximum absolute atomic E-state index is 14.6. The summed E-state index contributed by atoms with van der Waals surface area (Å²) < 4.78 is 28.1. The molecule has 2 heterocycles. The van der Waals surface area contributed by atoms with Crippen LogP contribution in [0.3, 0.4) is 0 Å². The van der Waals surface area contributed by atoms with Gasteiger partial charge in [0.2, 0.25) is 17.6 Å². The van der Waals surface area contributed by atoms with Gasteiger partial charge in [-0.05, 0) is 77.0 Å². The summed E-state index contributed by atoms with van der Waals surface area (Å²) in [6.45, 7) is 22.9. The van der Waals surface area contributed by atoms with Crippen molar-refractivity contribution in [3.8, 4) is 0 Å². The van der Waals surface area contributed by atoms with E-state index in [0.29, 0.717) is 17.5 Å². The van der Waals surface area contributed by atoms with Crippen molar-refractivity contribution in [1.29, 1.82) is 0 Å². The molecule has 1 aliphatic carbocycles. The Balaban J connectivity index is 1.49. The molecule has 6 amide bonds. The van der Waals surface area contributed by atoms with Gasteiger partial charge in [0.1, 0.15) is 16.3 Å². The summed E-state index contributed by atoms with van der Waals surface area (Å²) in [7, 11) is -2.18. The molecule has 1 aromatic heterocycles. The molecule has 1 saturated carbocycles. The summed E-state index contributed by atoms with van der Waals surface area (Å²) in [5.41, 5.74) is -0.435. The van der Waals surface area contributed by atoms with Gasteiger partial charge in [0.05, 0.1) is 11.3 Å². The highest BCUT2D eigenvalue weighted by molar-refractivity contribution is 7.94. The van der Waals surface area contributed by atoms with Crippen molar-refractivity contribution in [2.24, 2.45) is 28.1 Å². The van der Waals surface area contributed by atoms with Crippen LogP contribution in [0.4, 0.5) is 4.79 Å².